The van der Waals surface area contributed by atoms with Gasteiger partial charge in [-0.1, -0.05) is 6.07 Å². The molecule has 126 valence electrons. The number of ketones is 1. The molecule has 0 radical (unpaired) electrons. The number of carbonyl (C=O) groups is 1. The maximum absolute atomic E-state index is 12.6. The van der Waals surface area contributed by atoms with E-state index in [-0.39, 0.29) is 23.2 Å². The summed E-state index contributed by atoms with van der Waals surface area (Å²) in [6, 6.07) is 4.91. The number of anilines is 1. The number of carbonyl (C=O) groups excluding carboxylic acids is 1. The number of hydrogen-bond acceptors (Lipinski definition) is 6. The summed E-state index contributed by atoms with van der Waals surface area (Å²) >= 11 is 0. The van der Waals surface area contributed by atoms with Gasteiger partial charge in [0.05, 0.1) is 17.0 Å². The number of hydrogen-bond donors (Lipinski definition) is 2. The van der Waals surface area contributed by atoms with E-state index in [9.17, 15) is 9.59 Å². The average molecular weight is 336 g/mol. The molecule has 0 fully saturated rings. The fraction of sp³-hybridized carbons (Fsp3) is 0.235. The van der Waals surface area contributed by atoms with Crippen molar-refractivity contribution >= 4 is 11.7 Å². The number of nitrogens with zero attached hydrogens (tertiary/aromatic N) is 4. The maximum Gasteiger partial charge on any atom is 0.249 e. The molecule has 25 heavy (non-hydrogen) atoms. The van der Waals surface area contributed by atoms with Crippen molar-refractivity contribution in [2.24, 2.45) is 0 Å². The maximum atomic E-state index is 12.6. The van der Waals surface area contributed by atoms with Gasteiger partial charge in [0.15, 0.2) is 5.78 Å². The summed E-state index contributed by atoms with van der Waals surface area (Å²) in [6.07, 6.45) is 4.28. The molecule has 0 aliphatic heterocycles. The fourth-order valence-corrected chi connectivity index (χ4v) is 3.38. The Morgan fingerprint density at radius 1 is 1.24 bits per heavy atom. The molecule has 1 aliphatic carbocycles. The molecule has 3 aromatic rings. The van der Waals surface area contributed by atoms with Crippen LogP contribution in [-0.4, -0.2) is 30.3 Å². The van der Waals surface area contributed by atoms with Crippen LogP contribution in [0.15, 0.2) is 35.4 Å². The molecule has 0 saturated carbocycles. The molecule has 0 spiro atoms. The number of aromatic nitrogens is 5. The molecule has 8 heteroatoms. The molecular weight excluding hydrogens is 320 g/mol. The quantitative estimate of drug-likeness (QED) is 0.724. The van der Waals surface area contributed by atoms with Crippen molar-refractivity contribution in [1.29, 1.82) is 0 Å². The highest BCUT2D eigenvalue weighted by molar-refractivity contribution is 5.99. The summed E-state index contributed by atoms with van der Waals surface area (Å²) in [7, 11) is 0. The predicted molar refractivity (Wildman–Crippen MR) is 90.8 cm³/mol. The number of aromatic amines is 1. The Morgan fingerprint density at radius 2 is 2.08 bits per heavy atom. The van der Waals surface area contributed by atoms with Gasteiger partial charge in [-0.15, -0.1) is 0 Å². The zero-order chi connectivity index (χ0) is 17.6. The van der Waals surface area contributed by atoms with Gasteiger partial charge in [0, 0.05) is 37.2 Å². The van der Waals surface area contributed by atoms with Gasteiger partial charge < -0.3 is 10.7 Å². The van der Waals surface area contributed by atoms with Crippen LogP contribution in [0.5, 0.6) is 0 Å². The van der Waals surface area contributed by atoms with Gasteiger partial charge in [-0.05, 0) is 13.0 Å². The van der Waals surface area contributed by atoms with Crippen molar-refractivity contribution in [3.63, 3.8) is 0 Å². The number of nitrogen functional groups attached to an aromatic ring is 1. The molecule has 0 bridgehead atoms. The monoisotopic (exact) mass is 336 g/mol. The van der Waals surface area contributed by atoms with Gasteiger partial charge in [-0.3, -0.25) is 14.2 Å². The molecule has 4 rings (SSSR count). The minimum absolute atomic E-state index is 0.0140. The number of fused-ring (bicyclic) bond motifs is 1. The molecule has 1 atom stereocenters. The van der Waals surface area contributed by atoms with E-state index in [2.05, 4.69) is 19.9 Å². The summed E-state index contributed by atoms with van der Waals surface area (Å²) in [5.74, 6) is 1.32. The molecule has 3 aromatic heterocycles. The Bertz CT molecular complexity index is 1040. The first-order valence-electron chi connectivity index (χ1n) is 7.92. The van der Waals surface area contributed by atoms with Gasteiger partial charge in [-0.2, -0.15) is 0 Å². The zero-order valence-electron chi connectivity index (χ0n) is 13.6. The predicted octanol–water partition coefficient (Wildman–Crippen LogP) is 1.15. The summed E-state index contributed by atoms with van der Waals surface area (Å²) in [4.78, 5) is 39.7. The first-order chi connectivity index (χ1) is 12.0. The number of H-pyrrole nitrogens is 1. The lowest BCUT2D eigenvalue weighted by atomic mass is 9.84. The van der Waals surface area contributed by atoms with Crippen LogP contribution in [0.2, 0.25) is 0 Å². The van der Waals surface area contributed by atoms with Crippen LogP contribution in [0, 0.1) is 6.92 Å². The van der Waals surface area contributed by atoms with Crippen molar-refractivity contribution in [1.82, 2.24) is 24.5 Å². The van der Waals surface area contributed by atoms with Gasteiger partial charge >= 0.3 is 0 Å². The van der Waals surface area contributed by atoms with E-state index in [0.29, 0.717) is 41.4 Å². The number of nitrogens with one attached hydrogen (secondary N) is 1. The molecule has 3 heterocycles. The minimum atomic E-state index is -0.196. The van der Waals surface area contributed by atoms with E-state index in [1.807, 2.05) is 0 Å². The van der Waals surface area contributed by atoms with Crippen molar-refractivity contribution < 1.29 is 4.79 Å². The van der Waals surface area contributed by atoms with E-state index in [4.69, 9.17) is 5.73 Å². The van der Waals surface area contributed by atoms with E-state index < -0.39 is 0 Å². The highest BCUT2D eigenvalue weighted by atomic mass is 16.1. The van der Waals surface area contributed by atoms with Crippen LogP contribution in [0.3, 0.4) is 0 Å². The Hall–Kier alpha value is -3.29. The Balaban J connectivity index is 1.77. The summed E-state index contributed by atoms with van der Waals surface area (Å²) < 4.78 is 1.79. The van der Waals surface area contributed by atoms with Crippen LogP contribution in [0.1, 0.15) is 39.9 Å². The fourth-order valence-electron chi connectivity index (χ4n) is 3.38. The number of imidazole rings is 1. The average Bonchev–Trinajstić information content (AvgIpc) is 3.03. The second kappa shape index (κ2) is 5.66. The molecule has 0 amide bonds. The first kappa shape index (κ1) is 15.3. The Kier molecular flexibility index (Phi) is 3.45. The van der Waals surface area contributed by atoms with E-state index in [1.54, 1.807) is 36.0 Å². The van der Waals surface area contributed by atoms with Crippen molar-refractivity contribution in [3.05, 3.63) is 63.7 Å². The first-order valence-corrected chi connectivity index (χ1v) is 7.92. The molecule has 0 unspecified atom stereocenters. The standard InChI is InChI=1S/C17H16N6O2/c1-9-15-11(21-17(18)20-9)7-10(8-12(15)24)16-19-5-6-23(16)13-3-2-4-14(25)22-13/h2-6,10H,7-8H2,1H3,(H,22,25)(H2,18,20,21)/t10-/m0/s1. The highest BCUT2D eigenvalue weighted by Gasteiger charge is 2.32. The van der Waals surface area contributed by atoms with E-state index in [0.717, 1.165) is 0 Å². The van der Waals surface area contributed by atoms with Crippen LogP contribution >= 0.6 is 0 Å². The summed E-state index contributed by atoms with van der Waals surface area (Å²) in [6.45, 7) is 1.77. The largest absolute Gasteiger partial charge is 0.368 e. The van der Waals surface area contributed by atoms with Crippen LogP contribution < -0.4 is 11.3 Å². The second-order valence-electron chi connectivity index (χ2n) is 6.07. The number of nitrogens with two attached hydrogens (primary N) is 1. The molecule has 8 nitrogen and oxygen atoms in total. The summed E-state index contributed by atoms with van der Waals surface area (Å²) in [5, 5.41) is 0. The van der Waals surface area contributed by atoms with Crippen LogP contribution in [0.4, 0.5) is 5.95 Å². The molecule has 3 N–H and O–H groups in total. The summed E-state index contributed by atoms with van der Waals surface area (Å²) in [5.41, 5.74) is 7.37. The number of Topliss-reactive ketones (excluding diaryl/α,β-unsaturated/α-hetero) is 1. The zero-order valence-corrected chi connectivity index (χ0v) is 13.6. The van der Waals surface area contributed by atoms with Gasteiger partial charge in [0.25, 0.3) is 0 Å². The molecule has 0 aromatic carbocycles. The smallest absolute Gasteiger partial charge is 0.249 e. The third-order valence-electron chi connectivity index (χ3n) is 4.38. The third kappa shape index (κ3) is 2.61. The lowest BCUT2D eigenvalue weighted by molar-refractivity contribution is 0.0960. The topological polar surface area (TPSA) is 120 Å². The van der Waals surface area contributed by atoms with Crippen molar-refractivity contribution in [2.45, 2.75) is 25.7 Å². The van der Waals surface area contributed by atoms with Gasteiger partial charge in [0.1, 0.15) is 11.6 Å². The molecule has 0 saturated heterocycles. The van der Waals surface area contributed by atoms with E-state index >= 15 is 0 Å². The number of aryl methyl sites for hydroxylation is 1. The van der Waals surface area contributed by atoms with Gasteiger partial charge in [-0.25, -0.2) is 15.0 Å². The lowest BCUT2D eigenvalue weighted by Gasteiger charge is -2.24. The third-order valence-corrected chi connectivity index (χ3v) is 4.38. The van der Waals surface area contributed by atoms with E-state index in [1.165, 1.54) is 6.07 Å². The molecular formula is C17H16N6O2. The SMILES string of the molecule is Cc1nc(N)nc2c1C(=O)C[C@@H](c1nccn1-c1cccc(=O)[nH]1)C2. The number of pyridine rings is 1. The van der Waals surface area contributed by atoms with Crippen molar-refractivity contribution in [2.75, 3.05) is 5.73 Å². The second-order valence-corrected chi connectivity index (χ2v) is 6.07. The lowest BCUT2D eigenvalue weighted by Crippen LogP contribution is -2.25. The Morgan fingerprint density at radius 3 is 2.88 bits per heavy atom. The molecule has 1 aliphatic rings. The number of rotatable bonds is 2. The van der Waals surface area contributed by atoms with Crippen molar-refractivity contribution in [3.8, 4) is 5.82 Å². The Labute approximate surface area is 142 Å². The highest BCUT2D eigenvalue weighted by Crippen LogP contribution is 2.33. The van der Waals surface area contributed by atoms with Crippen LogP contribution in [-0.2, 0) is 6.42 Å². The van der Waals surface area contributed by atoms with Crippen LogP contribution in [0.25, 0.3) is 5.82 Å². The van der Waals surface area contributed by atoms with Gasteiger partial charge in [0.2, 0.25) is 11.5 Å². The normalized spacial score (nSPS) is 16.7. The minimum Gasteiger partial charge on any atom is -0.368 e.